The number of anilines is 4. The van der Waals surface area contributed by atoms with Crippen LogP contribution >= 0.6 is 0 Å². The van der Waals surface area contributed by atoms with Crippen LogP contribution in [0.25, 0.3) is 11.1 Å². The molecule has 2 fully saturated rings. The first-order valence-corrected chi connectivity index (χ1v) is 16.2. The molecule has 0 spiro atoms. The molecule has 0 radical (unpaired) electrons. The maximum absolute atomic E-state index is 13.3. The van der Waals surface area contributed by atoms with Crippen molar-refractivity contribution in [2.24, 2.45) is 0 Å². The van der Waals surface area contributed by atoms with E-state index in [1.165, 1.54) is 10.6 Å². The van der Waals surface area contributed by atoms with Crippen molar-refractivity contribution in [2.45, 2.75) is 18.9 Å². The molecule has 3 aliphatic heterocycles. The number of carbonyl (C=O) groups is 2. The molecule has 3 N–H and O–H groups in total. The normalized spacial score (nSPS) is 17.0. The van der Waals surface area contributed by atoms with Crippen LogP contribution < -0.4 is 29.7 Å². The van der Waals surface area contributed by atoms with Crippen molar-refractivity contribution in [1.82, 2.24) is 4.90 Å². The molecule has 3 heterocycles. The van der Waals surface area contributed by atoms with E-state index in [0.717, 1.165) is 54.4 Å². The second-order valence-electron chi connectivity index (χ2n) is 12.0. The van der Waals surface area contributed by atoms with Crippen molar-refractivity contribution < 1.29 is 33.6 Å². The molecule has 0 aliphatic carbocycles. The third-order valence-corrected chi connectivity index (χ3v) is 8.94. The van der Waals surface area contributed by atoms with Gasteiger partial charge in [0.25, 0.3) is 5.91 Å². The molecule has 11 heteroatoms. The molecule has 2 saturated heterocycles. The summed E-state index contributed by atoms with van der Waals surface area (Å²) >= 11 is 0. The van der Waals surface area contributed by atoms with Gasteiger partial charge in [0.1, 0.15) is 11.9 Å². The van der Waals surface area contributed by atoms with E-state index in [-0.39, 0.29) is 12.0 Å². The number of nitrogens with zero attached hydrogens (tertiary/aromatic N) is 2. The third kappa shape index (κ3) is 6.82. The number of likely N-dealkylation sites (tertiary alicyclic amines) is 1. The van der Waals surface area contributed by atoms with E-state index in [4.69, 9.17) is 18.9 Å². The Kier molecular flexibility index (Phi) is 8.93. The summed E-state index contributed by atoms with van der Waals surface area (Å²) in [4.78, 5) is 28.2. The fourth-order valence-corrected chi connectivity index (χ4v) is 6.30. The number of benzene rings is 4. The van der Waals surface area contributed by atoms with Crippen LogP contribution in [0, 0.1) is 0 Å². The first-order valence-electron chi connectivity index (χ1n) is 16.2. The topological polar surface area (TPSA) is 122 Å². The van der Waals surface area contributed by atoms with Crippen molar-refractivity contribution in [2.75, 3.05) is 68.6 Å². The molecule has 11 nitrogen and oxygen atoms in total. The number of rotatable bonds is 9. The van der Waals surface area contributed by atoms with Gasteiger partial charge in [-0.3, -0.25) is 4.79 Å². The summed E-state index contributed by atoms with van der Waals surface area (Å²) in [6.07, 6.45) is 0.133. The van der Waals surface area contributed by atoms with Crippen molar-refractivity contribution in [1.29, 1.82) is 0 Å². The van der Waals surface area contributed by atoms with Gasteiger partial charge in [0, 0.05) is 38.2 Å². The lowest BCUT2D eigenvalue weighted by molar-refractivity contribution is 0.102. The highest BCUT2D eigenvalue weighted by molar-refractivity contribution is 6.12. The number of carbonyl (C=O) groups excluding carboxylic acids is 1. The highest BCUT2D eigenvalue weighted by Crippen LogP contribution is 2.38. The minimum Gasteiger partial charge on any atom is -0.493 e. The Bertz CT molecular complexity index is 1810. The predicted octanol–water partition coefficient (Wildman–Crippen LogP) is 6.26. The van der Waals surface area contributed by atoms with Gasteiger partial charge < -0.3 is 44.5 Å². The van der Waals surface area contributed by atoms with E-state index in [1.807, 2.05) is 66.7 Å². The fraction of sp³-hybridized carbons (Fsp3) is 0.297. The van der Waals surface area contributed by atoms with Gasteiger partial charge in [-0.1, -0.05) is 18.2 Å². The van der Waals surface area contributed by atoms with Crippen LogP contribution in [-0.2, 0) is 11.2 Å². The van der Waals surface area contributed by atoms with Gasteiger partial charge in [-0.25, -0.2) is 4.79 Å². The highest BCUT2D eigenvalue weighted by Gasteiger charge is 2.28. The minimum atomic E-state index is -0.941. The number of fused-ring (bicyclic) bond motifs is 2. The van der Waals surface area contributed by atoms with E-state index in [0.29, 0.717) is 61.0 Å². The Morgan fingerprint density at radius 2 is 1.67 bits per heavy atom. The lowest BCUT2D eigenvalue weighted by atomic mass is 10.0. The summed E-state index contributed by atoms with van der Waals surface area (Å²) in [6, 6.07) is 25.5. The zero-order valence-corrected chi connectivity index (χ0v) is 26.7. The maximum atomic E-state index is 13.3. The molecule has 0 bridgehead atoms. The van der Waals surface area contributed by atoms with Gasteiger partial charge in [-0.2, -0.15) is 0 Å². The fourth-order valence-electron chi connectivity index (χ4n) is 6.30. The summed E-state index contributed by atoms with van der Waals surface area (Å²) in [5.74, 6) is 1.74. The zero-order chi connectivity index (χ0) is 33.0. The number of ether oxygens (including phenoxy) is 4. The van der Waals surface area contributed by atoms with Crippen LogP contribution in [0.3, 0.4) is 0 Å². The molecule has 1 atom stereocenters. The Balaban J connectivity index is 1.01. The van der Waals surface area contributed by atoms with Crippen LogP contribution in [0.2, 0.25) is 0 Å². The standard InChI is InChI=1S/C37H38N4O7/c1-45-35-22-26(4-11-34(35)48-29-12-14-41(23-29)37(43)44)25-3-9-30-32(21-25)38-31-10-2-24(20-33(31)39-36(30)42)13-17-47-28-7-5-27(6-8-28)40-15-18-46-19-16-40/h2-11,20-22,29,38H,12-19,23H2,1H3,(H,39,42)(H,43,44)/t29-/m0/s1. The molecule has 3 aliphatic rings. The monoisotopic (exact) mass is 650 g/mol. The Morgan fingerprint density at radius 1 is 0.875 bits per heavy atom. The quantitative estimate of drug-likeness (QED) is 0.193. The van der Waals surface area contributed by atoms with Crippen LogP contribution in [-0.4, -0.2) is 81.2 Å². The Morgan fingerprint density at radius 3 is 2.44 bits per heavy atom. The number of hydrogen-bond acceptors (Lipinski definition) is 8. The molecule has 248 valence electrons. The second-order valence-corrected chi connectivity index (χ2v) is 12.0. The minimum absolute atomic E-state index is 0.190. The average molecular weight is 651 g/mol. The van der Waals surface area contributed by atoms with Crippen LogP contribution in [0.4, 0.5) is 27.5 Å². The van der Waals surface area contributed by atoms with E-state index < -0.39 is 6.09 Å². The van der Waals surface area contributed by atoms with Crippen LogP contribution in [0.5, 0.6) is 17.2 Å². The molecule has 2 amide bonds. The molecular formula is C37H38N4O7. The number of hydrogen-bond donors (Lipinski definition) is 3. The molecule has 7 rings (SSSR count). The Hall–Kier alpha value is -5.42. The van der Waals surface area contributed by atoms with Crippen molar-refractivity contribution >= 4 is 34.7 Å². The number of morpholine rings is 1. The smallest absolute Gasteiger partial charge is 0.407 e. The molecule has 4 aromatic carbocycles. The number of amides is 2. The highest BCUT2D eigenvalue weighted by atomic mass is 16.5. The van der Waals surface area contributed by atoms with Gasteiger partial charge in [0.15, 0.2) is 11.5 Å². The summed E-state index contributed by atoms with van der Waals surface area (Å²) in [6.45, 7) is 4.57. The first-order chi connectivity index (χ1) is 23.4. The van der Waals surface area contributed by atoms with E-state index in [9.17, 15) is 14.7 Å². The van der Waals surface area contributed by atoms with Crippen molar-refractivity contribution in [3.05, 3.63) is 90.0 Å². The van der Waals surface area contributed by atoms with Gasteiger partial charge in [0.2, 0.25) is 0 Å². The average Bonchev–Trinajstić information content (AvgIpc) is 3.54. The van der Waals surface area contributed by atoms with E-state index in [1.54, 1.807) is 7.11 Å². The summed E-state index contributed by atoms with van der Waals surface area (Å²) in [5.41, 5.74) is 6.75. The summed E-state index contributed by atoms with van der Waals surface area (Å²) in [7, 11) is 1.58. The Labute approximate surface area is 279 Å². The van der Waals surface area contributed by atoms with Crippen LogP contribution in [0.15, 0.2) is 78.9 Å². The SMILES string of the molecule is COc1cc(-c2ccc3c(c2)Nc2ccc(CCOc4ccc(N5CCOCC5)cc4)cc2NC3=O)ccc1O[C@H]1CCN(C(=O)O)C1. The van der Waals surface area contributed by atoms with E-state index in [2.05, 4.69) is 27.7 Å². The van der Waals surface area contributed by atoms with Crippen molar-refractivity contribution in [3.63, 3.8) is 0 Å². The lowest BCUT2D eigenvalue weighted by Crippen LogP contribution is -2.36. The molecule has 0 unspecified atom stereocenters. The van der Waals surface area contributed by atoms with E-state index >= 15 is 0 Å². The van der Waals surface area contributed by atoms with Gasteiger partial charge in [-0.05, 0) is 77.4 Å². The zero-order valence-electron chi connectivity index (χ0n) is 26.7. The first kappa shape index (κ1) is 31.2. The van der Waals surface area contributed by atoms with Gasteiger partial charge >= 0.3 is 6.09 Å². The maximum Gasteiger partial charge on any atom is 0.407 e. The molecule has 48 heavy (non-hydrogen) atoms. The van der Waals surface area contributed by atoms with Crippen molar-refractivity contribution in [3.8, 4) is 28.4 Å². The number of methoxy groups -OCH3 is 1. The molecule has 4 aromatic rings. The third-order valence-electron chi connectivity index (χ3n) is 8.94. The number of nitrogens with one attached hydrogen (secondary N) is 2. The summed E-state index contributed by atoms with van der Waals surface area (Å²) in [5, 5.41) is 15.8. The largest absolute Gasteiger partial charge is 0.493 e. The van der Waals surface area contributed by atoms with Gasteiger partial charge in [0.05, 0.1) is 56.1 Å². The molecule has 0 saturated carbocycles. The lowest BCUT2D eigenvalue weighted by Gasteiger charge is -2.28. The van der Waals surface area contributed by atoms with Gasteiger partial charge in [-0.15, -0.1) is 0 Å². The molecule has 0 aromatic heterocycles. The predicted molar refractivity (Wildman–Crippen MR) is 183 cm³/mol. The summed E-state index contributed by atoms with van der Waals surface area (Å²) < 4.78 is 23.2. The molecular weight excluding hydrogens is 612 g/mol. The number of carboxylic acid groups (broad SMARTS) is 1. The second kappa shape index (κ2) is 13.7. The van der Waals surface area contributed by atoms with Crippen LogP contribution in [0.1, 0.15) is 22.3 Å².